The van der Waals surface area contributed by atoms with Crippen LogP contribution in [0.1, 0.15) is 17.2 Å². The van der Waals surface area contributed by atoms with E-state index in [-0.39, 0.29) is 11.3 Å². The van der Waals surface area contributed by atoms with Crippen LogP contribution in [-0.2, 0) is 9.59 Å². The number of fused-ring (bicyclic) bond motifs is 1. The van der Waals surface area contributed by atoms with Gasteiger partial charge < -0.3 is 10.1 Å². The van der Waals surface area contributed by atoms with Gasteiger partial charge in [-0.3, -0.25) is 19.5 Å². The third kappa shape index (κ3) is 3.08. The summed E-state index contributed by atoms with van der Waals surface area (Å²) in [5.41, 5.74) is 2.47. The number of pyridine rings is 1. The molecular weight excluding hydrogens is 414 g/mol. The van der Waals surface area contributed by atoms with Crippen LogP contribution in [0.15, 0.2) is 84.8 Å². The molecule has 2 N–H and O–H groups in total. The monoisotopic (exact) mass is 429 g/mol. The number of nitrogens with zero attached hydrogens (tertiary/aromatic N) is 2. The molecular formula is C24H16ClN3O3. The van der Waals surface area contributed by atoms with Crippen molar-refractivity contribution in [1.29, 1.82) is 0 Å². The molecule has 31 heavy (non-hydrogen) atoms. The number of aromatic nitrogens is 2. The summed E-state index contributed by atoms with van der Waals surface area (Å²) in [6.45, 7) is 0. The molecule has 1 saturated heterocycles. The number of nitrogens with one attached hydrogen (secondary N) is 1. The highest BCUT2D eigenvalue weighted by Gasteiger charge is 2.47. The summed E-state index contributed by atoms with van der Waals surface area (Å²) < 4.78 is 0. The highest BCUT2D eigenvalue weighted by atomic mass is 35.5. The molecule has 4 aromatic rings. The van der Waals surface area contributed by atoms with Crippen LogP contribution in [0.3, 0.4) is 0 Å². The number of hydrogen-bond donors (Lipinski definition) is 2. The number of anilines is 1. The summed E-state index contributed by atoms with van der Waals surface area (Å²) >= 11 is 6.01. The van der Waals surface area contributed by atoms with Crippen LogP contribution in [0.2, 0.25) is 5.02 Å². The van der Waals surface area contributed by atoms with Crippen molar-refractivity contribution in [3.05, 3.63) is 101 Å². The van der Waals surface area contributed by atoms with Crippen LogP contribution in [-0.4, -0.2) is 26.8 Å². The van der Waals surface area contributed by atoms with Gasteiger partial charge in [0, 0.05) is 45.8 Å². The van der Waals surface area contributed by atoms with Crippen molar-refractivity contribution >= 4 is 45.6 Å². The van der Waals surface area contributed by atoms with Crippen molar-refractivity contribution in [1.82, 2.24) is 9.97 Å². The van der Waals surface area contributed by atoms with E-state index in [0.717, 1.165) is 10.9 Å². The van der Waals surface area contributed by atoms with Gasteiger partial charge in [0.05, 0.1) is 11.6 Å². The lowest BCUT2D eigenvalue weighted by molar-refractivity contribution is -0.132. The normalized spacial score (nSPS) is 18.1. The van der Waals surface area contributed by atoms with E-state index in [1.54, 1.807) is 55.0 Å². The zero-order chi connectivity index (χ0) is 21.5. The molecule has 1 aliphatic rings. The second-order valence-corrected chi connectivity index (χ2v) is 7.61. The maximum absolute atomic E-state index is 13.2. The summed E-state index contributed by atoms with van der Waals surface area (Å²) in [6.07, 6.45) is 4.81. The molecule has 1 atom stereocenters. The van der Waals surface area contributed by atoms with Gasteiger partial charge in [-0.15, -0.1) is 0 Å². The molecule has 1 aliphatic heterocycles. The summed E-state index contributed by atoms with van der Waals surface area (Å²) in [5.74, 6) is -1.70. The Kier molecular flexibility index (Phi) is 4.56. The number of aromatic amines is 1. The zero-order valence-electron chi connectivity index (χ0n) is 16.1. The highest BCUT2D eigenvalue weighted by molar-refractivity contribution is 6.51. The molecule has 2 aromatic heterocycles. The third-order valence-corrected chi connectivity index (χ3v) is 5.67. The first-order valence-corrected chi connectivity index (χ1v) is 9.97. The fraction of sp³-hybridized carbons (Fsp3) is 0.0417. The van der Waals surface area contributed by atoms with Gasteiger partial charge >= 0.3 is 0 Å². The predicted molar refractivity (Wildman–Crippen MR) is 119 cm³/mol. The lowest BCUT2D eigenvalue weighted by Gasteiger charge is -2.25. The Labute approximate surface area is 182 Å². The van der Waals surface area contributed by atoms with E-state index in [4.69, 9.17) is 11.6 Å². The maximum atomic E-state index is 13.2. The molecule has 6 nitrogen and oxygen atoms in total. The maximum Gasteiger partial charge on any atom is 0.300 e. The van der Waals surface area contributed by atoms with Gasteiger partial charge in [0.1, 0.15) is 5.76 Å². The van der Waals surface area contributed by atoms with Crippen molar-refractivity contribution in [3.8, 4) is 0 Å². The lowest BCUT2D eigenvalue weighted by Crippen LogP contribution is -2.29. The number of rotatable bonds is 3. The summed E-state index contributed by atoms with van der Waals surface area (Å²) in [6, 6.07) is 16.7. The number of hydrogen-bond acceptors (Lipinski definition) is 4. The molecule has 1 fully saturated rings. The standard InChI is InChI=1S/C24H16ClN3O3/c25-15-5-7-16(8-6-15)28-21(14-9-11-26-12-10-14)20(23(30)24(28)31)22(29)18-13-27-19-4-2-1-3-17(18)19/h1-13,21,27,29H/b22-20-. The first-order chi connectivity index (χ1) is 15.1. The zero-order valence-corrected chi connectivity index (χ0v) is 16.9. The van der Waals surface area contributed by atoms with Crippen molar-refractivity contribution in [2.45, 2.75) is 6.04 Å². The van der Waals surface area contributed by atoms with Crippen molar-refractivity contribution in [3.63, 3.8) is 0 Å². The minimum absolute atomic E-state index is 0.0240. The van der Waals surface area contributed by atoms with Gasteiger partial charge in [-0.2, -0.15) is 0 Å². The van der Waals surface area contributed by atoms with E-state index in [1.807, 2.05) is 24.3 Å². The van der Waals surface area contributed by atoms with E-state index in [0.29, 0.717) is 21.8 Å². The summed E-state index contributed by atoms with van der Waals surface area (Å²) in [7, 11) is 0. The van der Waals surface area contributed by atoms with Crippen LogP contribution >= 0.6 is 11.6 Å². The van der Waals surface area contributed by atoms with Crippen LogP contribution in [0.25, 0.3) is 16.7 Å². The van der Waals surface area contributed by atoms with Gasteiger partial charge in [0.15, 0.2) is 0 Å². The second kappa shape index (κ2) is 7.41. The number of benzene rings is 2. The Morgan fingerprint density at radius 2 is 1.71 bits per heavy atom. The lowest BCUT2D eigenvalue weighted by atomic mass is 9.95. The molecule has 152 valence electrons. The number of aliphatic hydroxyl groups excluding tert-OH is 1. The second-order valence-electron chi connectivity index (χ2n) is 7.17. The van der Waals surface area contributed by atoms with E-state index in [2.05, 4.69) is 9.97 Å². The molecule has 1 amide bonds. The van der Waals surface area contributed by atoms with Crippen LogP contribution in [0.5, 0.6) is 0 Å². The smallest absolute Gasteiger partial charge is 0.300 e. The molecule has 7 heteroatoms. The number of aliphatic hydroxyl groups is 1. The van der Waals surface area contributed by atoms with Crippen LogP contribution in [0, 0.1) is 0 Å². The van der Waals surface area contributed by atoms with E-state index in [9.17, 15) is 14.7 Å². The van der Waals surface area contributed by atoms with Crippen molar-refractivity contribution in [2.24, 2.45) is 0 Å². The Balaban J connectivity index is 1.75. The first-order valence-electron chi connectivity index (χ1n) is 9.59. The van der Waals surface area contributed by atoms with Gasteiger partial charge in [0.25, 0.3) is 11.7 Å². The van der Waals surface area contributed by atoms with Crippen LogP contribution < -0.4 is 4.90 Å². The van der Waals surface area contributed by atoms with E-state index >= 15 is 0 Å². The third-order valence-electron chi connectivity index (χ3n) is 5.42. The molecule has 2 aromatic carbocycles. The number of H-pyrrole nitrogens is 1. The summed E-state index contributed by atoms with van der Waals surface area (Å²) in [5, 5.41) is 12.5. The molecule has 3 heterocycles. The largest absolute Gasteiger partial charge is 0.507 e. The van der Waals surface area contributed by atoms with Gasteiger partial charge in [-0.1, -0.05) is 29.8 Å². The van der Waals surface area contributed by atoms with Crippen LogP contribution in [0.4, 0.5) is 5.69 Å². The summed E-state index contributed by atoms with van der Waals surface area (Å²) in [4.78, 5) is 34.8. The minimum Gasteiger partial charge on any atom is -0.507 e. The Bertz CT molecular complexity index is 1340. The molecule has 1 unspecified atom stereocenters. The van der Waals surface area contributed by atoms with Gasteiger partial charge in [-0.25, -0.2) is 0 Å². The fourth-order valence-electron chi connectivity index (χ4n) is 3.97. The van der Waals surface area contributed by atoms with Gasteiger partial charge in [-0.05, 0) is 48.0 Å². The van der Waals surface area contributed by atoms with E-state index in [1.165, 1.54) is 4.90 Å². The number of Topliss-reactive ketones (excluding diaryl/α,β-unsaturated/α-hetero) is 1. The molecule has 0 spiro atoms. The number of carbonyl (C=O) groups excluding carboxylic acids is 2. The highest BCUT2D eigenvalue weighted by Crippen LogP contribution is 2.42. The molecule has 0 aliphatic carbocycles. The number of ketones is 1. The number of carbonyl (C=O) groups is 2. The topological polar surface area (TPSA) is 86.3 Å². The van der Waals surface area contributed by atoms with Gasteiger partial charge in [0.2, 0.25) is 0 Å². The van der Waals surface area contributed by atoms with E-state index < -0.39 is 17.7 Å². The average molecular weight is 430 g/mol. The predicted octanol–water partition coefficient (Wildman–Crippen LogP) is 4.84. The molecule has 5 rings (SSSR count). The number of amides is 1. The quantitative estimate of drug-likeness (QED) is 0.277. The van der Waals surface area contributed by atoms with Crippen molar-refractivity contribution in [2.75, 3.05) is 4.90 Å². The average Bonchev–Trinajstić information content (AvgIpc) is 3.34. The first kappa shape index (κ1) is 19.1. The Morgan fingerprint density at radius 1 is 1.00 bits per heavy atom. The number of halogens is 1. The molecule has 0 bridgehead atoms. The number of para-hydroxylation sites is 1. The SMILES string of the molecule is O=C1C(=O)N(c2ccc(Cl)cc2)C(c2ccncc2)/C1=C(/O)c1c[nH]c2ccccc12. The molecule has 0 radical (unpaired) electrons. The Morgan fingerprint density at radius 3 is 2.45 bits per heavy atom. The Hall–Kier alpha value is -3.90. The minimum atomic E-state index is -0.808. The fourth-order valence-corrected chi connectivity index (χ4v) is 4.10. The molecule has 0 saturated carbocycles. The van der Waals surface area contributed by atoms with Crippen molar-refractivity contribution < 1.29 is 14.7 Å².